The first-order valence-electron chi connectivity index (χ1n) is 8.54. The quantitative estimate of drug-likeness (QED) is 0.567. The molecule has 0 heterocycles. The smallest absolute Gasteiger partial charge is 0.337 e. The van der Waals surface area contributed by atoms with Crippen molar-refractivity contribution in [1.29, 1.82) is 0 Å². The van der Waals surface area contributed by atoms with Crippen LogP contribution in [0.1, 0.15) is 38.5 Å². The molecule has 1 unspecified atom stereocenters. The third-order valence-corrected chi connectivity index (χ3v) is 4.85. The number of allylic oxidation sites excluding steroid dienone is 1. The molecule has 1 aliphatic carbocycles. The fraction of sp³-hybridized carbons (Fsp3) is 0.0870. The zero-order valence-corrected chi connectivity index (χ0v) is 14.6. The highest BCUT2D eigenvalue weighted by Crippen LogP contribution is 2.51. The van der Waals surface area contributed by atoms with E-state index in [2.05, 4.69) is 0 Å². The van der Waals surface area contributed by atoms with Gasteiger partial charge >= 0.3 is 5.97 Å². The predicted molar refractivity (Wildman–Crippen MR) is 100 cm³/mol. The van der Waals surface area contributed by atoms with E-state index in [1.807, 2.05) is 30.3 Å². The second-order valence-corrected chi connectivity index (χ2v) is 6.34. The summed E-state index contributed by atoms with van der Waals surface area (Å²) < 4.78 is 34.4. The van der Waals surface area contributed by atoms with Crippen molar-refractivity contribution >= 4 is 17.4 Å². The van der Waals surface area contributed by atoms with Crippen LogP contribution in [0.3, 0.4) is 0 Å². The van der Waals surface area contributed by atoms with Gasteiger partial charge in [0.15, 0.2) is 0 Å². The average Bonchev–Trinajstić information content (AvgIpc) is 3.02. The molecule has 0 amide bonds. The lowest BCUT2D eigenvalue weighted by atomic mass is 9.85. The summed E-state index contributed by atoms with van der Waals surface area (Å²) in [4.78, 5) is 11.7. The first-order valence-corrected chi connectivity index (χ1v) is 8.54. The summed E-state index contributed by atoms with van der Waals surface area (Å²) in [5.41, 5.74) is 2.91. The summed E-state index contributed by atoms with van der Waals surface area (Å²) in [5.74, 6) is -2.02. The molecule has 1 aliphatic rings. The first kappa shape index (κ1) is 17.2. The minimum absolute atomic E-state index is 0.0124. The van der Waals surface area contributed by atoms with E-state index in [-0.39, 0.29) is 5.56 Å². The maximum absolute atomic E-state index is 15.3. The summed E-state index contributed by atoms with van der Waals surface area (Å²) in [6.45, 7) is 0. The Morgan fingerprint density at radius 1 is 0.889 bits per heavy atom. The molecule has 0 saturated carbocycles. The molecule has 2 nitrogen and oxygen atoms in total. The van der Waals surface area contributed by atoms with E-state index in [1.54, 1.807) is 36.4 Å². The Bertz CT molecular complexity index is 1040. The minimum Gasteiger partial charge on any atom is -0.465 e. The Hall–Kier alpha value is -3.27. The van der Waals surface area contributed by atoms with Crippen LogP contribution in [0.5, 0.6) is 0 Å². The van der Waals surface area contributed by atoms with Crippen LogP contribution in [0, 0.1) is 5.82 Å². The number of hydrogen-bond acceptors (Lipinski definition) is 2. The van der Waals surface area contributed by atoms with E-state index in [0.29, 0.717) is 22.3 Å². The highest BCUT2D eigenvalue weighted by molar-refractivity contribution is 5.98. The molecule has 0 aliphatic heterocycles. The number of carbonyl (C=O) groups excluding carboxylic acids is 1. The van der Waals surface area contributed by atoms with Gasteiger partial charge in [0.25, 0.3) is 0 Å². The van der Waals surface area contributed by atoms with Crippen molar-refractivity contribution < 1.29 is 18.3 Å². The fourth-order valence-corrected chi connectivity index (χ4v) is 3.62. The molecule has 0 N–H and O–H groups in total. The SMILES string of the molecule is COC(=O)c1ccc(C2C(c3ccccc3)=C(F)c3c(F)cccc32)cc1. The normalized spacial score (nSPS) is 15.6. The molecule has 0 fully saturated rings. The summed E-state index contributed by atoms with van der Waals surface area (Å²) >= 11 is 0. The number of hydrogen-bond donors (Lipinski definition) is 0. The van der Waals surface area contributed by atoms with Crippen LogP contribution >= 0.6 is 0 Å². The third kappa shape index (κ3) is 2.83. The zero-order valence-electron chi connectivity index (χ0n) is 14.6. The highest BCUT2D eigenvalue weighted by Gasteiger charge is 2.35. The van der Waals surface area contributed by atoms with E-state index >= 15 is 4.39 Å². The molecule has 0 aromatic heterocycles. The van der Waals surface area contributed by atoms with Crippen LogP contribution in [-0.4, -0.2) is 13.1 Å². The van der Waals surface area contributed by atoms with Crippen molar-refractivity contribution in [1.82, 2.24) is 0 Å². The first-order chi connectivity index (χ1) is 13.1. The van der Waals surface area contributed by atoms with E-state index in [1.165, 1.54) is 13.2 Å². The Kier molecular flexibility index (Phi) is 4.32. The van der Waals surface area contributed by atoms with Crippen LogP contribution in [0.4, 0.5) is 8.78 Å². The number of rotatable bonds is 3. The molecule has 4 rings (SSSR count). The topological polar surface area (TPSA) is 26.3 Å². The average molecular weight is 362 g/mol. The Morgan fingerprint density at radius 3 is 2.26 bits per heavy atom. The molecule has 4 heteroatoms. The summed E-state index contributed by atoms with van der Waals surface area (Å²) in [6, 6.07) is 20.5. The van der Waals surface area contributed by atoms with Gasteiger partial charge in [-0.25, -0.2) is 13.6 Å². The predicted octanol–water partition coefficient (Wildman–Crippen LogP) is 5.60. The maximum Gasteiger partial charge on any atom is 0.337 e. The Balaban J connectivity index is 1.89. The highest BCUT2D eigenvalue weighted by atomic mass is 19.1. The molecule has 0 bridgehead atoms. The number of ether oxygens (including phenoxy) is 1. The molecule has 134 valence electrons. The number of esters is 1. The molecule has 0 spiro atoms. The maximum atomic E-state index is 15.3. The van der Waals surface area contributed by atoms with E-state index in [4.69, 9.17) is 4.74 Å². The molecule has 3 aromatic carbocycles. The number of methoxy groups -OCH3 is 1. The van der Waals surface area contributed by atoms with Gasteiger partial charge in [0, 0.05) is 11.5 Å². The van der Waals surface area contributed by atoms with Crippen molar-refractivity contribution in [3.63, 3.8) is 0 Å². The molecule has 0 radical (unpaired) electrons. The van der Waals surface area contributed by atoms with Crippen LogP contribution in [0.25, 0.3) is 11.4 Å². The van der Waals surface area contributed by atoms with Gasteiger partial charge in [-0.15, -0.1) is 0 Å². The van der Waals surface area contributed by atoms with Gasteiger partial charge in [0.2, 0.25) is 0 Å². The molecular formula is C23H16F2O2. The van der Waals surface area contributed by atoms with Crippen LogP contribution < -0.4 is 0 Å². The minimum atomic E-state index is -0.577. The van der Waals surface area contributed by atoms with Gasteiger partial charge in [-0.3, -0.25) is 0 Å². The summed E-state index contributed by atoms with van der Waals surface area (Å²) in [5, 5.41) is 0. The number of halogens is 2. The van der Waals surface area contributed by atoms with Crippen molar-refractivity contribution in [2.45, 2.75) is 5.92 Å². The van der Waals surface area contributed by atoms with Gasteiger partial charge < -0.3 is 4.74 Å². The van der Waals surface area contributed by atoms with Gasteiger partial charge in [0.05, 0.1) is 18.2 Å². The fourth-order valence-electron chi connectivity index (χ4n) is 3.62. The third-order valence-electron chi connectivity index (χ3n) is 4.85. The van der Waals surface area contributed by atoms with Gasteiger partial charge in [-0.2, -0.15) is 0 Å². The van der Waals surface area contributed by atoms with Crippen molar-refractivity contribution in [3.8, 4) is 0 Å². The molecule has 27 heavy (non-hydrogen) atoms. The molecule has 0 saturated heterocycles. The lowest BCUT2D eigenvalue weighted by Gasteiger charge is -2.18. The summed E-state index contributed by atoms with van der Waals surface area (Å²) in [6.07, 6.45) is 0. The standard InChI is InChI=1S/C23H16F2O2/c1-27-23(26)16-12-10-15(11-13-16)19-17-8-5-9-18(24)21(17)22(25)20(19)14-6-3-2-4-7-14/h2-13,19H,1H3. The van der Waals surface area contributed by atoms with E-state index < -0.39 is 23.5 Å². The van der Waals surface area contributed by atoms with Crippen LogP contribution in [0.2, 0.25) is 0 Å². The lowest BCUT2D eigenvalue weighted by molar-refractivity contribution is 0.0600. The molecule has 3 aromatic rings. The van der Waals surface area contributed by atoms with Gasteiger partial charge in [-0.1, -0.05) is 54.6 Å². The van der Waals surface area contributed by atoms with Gasteiger partial charge in [0.1, 0.15) is 11.6 Å². The Morgan fingerprint density at radius 2 is 1.59 bits per heavy atom. The lowest BCUT2D eigenvalue weighted by Crippen LogP contribution is -2.04. The molecule has 1 atom stereocenters. The molecular weight excluding hydrogens is 346 g/mol. The van der Waals surface area contributed by atoms with Crippen molar-refractivity contribution in [3.05, 3.63) is 106 Å². The largest absolute Gasteiger partial charge is 0.465 e. The van der Waals surface area contributed by atoms with Gasteiger partial charge in [-0.05, 0) is 34.9 Å². The summed E-state index contributed by atoms with van der Waals surface area (Å²) in [7, 11) is 1.32. The second kappa shape index (κ2) is 6.80. The number of benzene rings is 3. The second-order valence-electron chi connectivity index (χ2n) is 6.34. The van der Waals surface area contributed by atoms with Crippen LogP contribution in [0.15, 0.2) is 72.8 Å². The number of carbonyl (C=O) groups is 1. The number of fused-ring (bicyclic) bond motifs is 1. The monoisotopic (exact) mass is 362 g/mol. The van der Waals surface area contributed by atoms with E-state index in [0.717, 1.165) is 5.56 Å². The van der Waals surface area contributed by atoms with E-state index in [9.17, 15) is 9.18 Å². The van der Waals surface area contributed by atoms with Crippen molar-refractivity contribution in [2.24, 2.45) is 0 Å². The van der Waals surface area contributed by atoms with Crippen LogP contribution in [-0.2, 0) is 4.74 Å². The van der Waals surface area contributed by atoms with Crippen molar-refractivity contribution in [2.75, 3.05) is 7.11 Å². The Labute approximate surface area is 155 Å². The zero-order chi connectivity index (χ0) is 19.0.